The Morgan fingerprint density at radius 1 is 1.43 bits per heavy atom. The first kappa shape index (κ1) is 15.9. The van der Waals surface area contributed by atoms with Crippen molar-refractivity contribution < 1.29 is 19.4 Å². The molecule has 5 nitrogen and oxygen atoms in total. The number of rotatable bonds is 7. The van der Waals surface area contributed by atoms with Gasteiger partial charge in [-0.2, -0.15) is 0 Å². The molecule has 0 atom stereocenters. The van der Waals surface area contributed by atoms with Crippen molar-refractivity contribution in [3.63, 3.8) is 0 Å². The van der Waals surface area contributed by atoms with Gasteiger partial charge in [0.15, 0.2) is 11.5 Å². The van der Waals surface area contributed by atoms with Crippen LogP contribution in [0.25, 0.3) is 0 Å². The quantitative estimate of drug-likeness (QED) is 0.838. The molecule has 0 aliphatic carbocycles. The summed E-state index contributed by atoms with van der Waals surface area (Å²) in [6.45, 7) is 5.82. The molecule has 0 unspecified atom stereocenters. The first-order chi connectivity index (χ1) is 9.97. The lowest BCUT2D eigenvalue weighted by Crippen LogP contribution is -2.31. The van der Waals surface area contributed by atoms with E-state index >= 15 is 0 Å². The maximum absolute atomic E-state index is 10.6. The zero-order valence-corrected chi connectivity index (χ0v) is 13.0. The molecule has 1 aromatic carbocycles. The summed E-state index contributed by atoms with van der Waals surface area (Å²) in [5, 5.41) is 9.28. The standard InChI is InChI=1S/C15H20ClNO4/c1-10(2)17(5-3-4-14(18)19)8-11-6-12(16)15-13(7-11)20-9-21-15/h6-7,10H,3-5,8-9H2,1-2H3,(H,18,19). The van der Waals surface area contributed by atoms with Crippen LogP contribution < -0.4 is 9.47 Å². The van der Waals surface area contributed by atoms with Crippen molar-refractivity contribution >= 4 is 17.6 Å². The van der Waals surface area contributed by atoms with Crippen molar-refractivity contribution in [1.29, 1.82) is 0 Å². The highest BCUT2D eigenvalue weighted by atomic mass is 35.5. The zero-order chi connectivity index (χ0) is 15.4. The average molecular weight is 314 g/mol. The molecular formula is C15H20ClNO4. The van der Waals surface area contributed by atoms with Gasteiger partial charge in [-0.1, -0.05) is 11.6 Å². The van der Waals surface area contributed by atoms with Crippen LogP contribution in [-0.2, 0) is 11.3 Å². The molecule has 1 N–H and O–H groups in total. The molecule has 21 heavy (non-hydrogen) atoms. The maximum atomic E-state index is 10.6. The van der Waals surface area contributed by atoms with Gasteiger partial charge in [0, 0.05) is 19.0 Å². The Morgan fingerprint density at radius 2 is 2.19 bits per heavy atom. The molecule has 0 fully saturated rings. The lowest BCUT2D eigenvalue weighted by molar-refractivity contribution is -0.137. The third-order valence-electron chi connectivity index (χ3n) is 3.44. The smallest absolute Gasteiger partial charge is 0.303 e. The minimum Gasteiger partial charge on any atom is -0.481 e. The summed E-state index contributed by atoms with van der Waals surface area (Å²) in [7, 11) is 0. The van der Waals surface area contributed by atoms with E-state index in [4.69, 9.17) is 26.2 Å². The number of hydrogen-bond donors (Lipinski definition) is 1. The van der Waals surface area contributed by atoms with Crippen molar-refractivity contribution in [2.45, 2.75) is 39.3 Å². The van der Waals surface area contributed by atoms with Gasteiger partial charge in [-0.25, -0.2) is 0 Å². The van der Waals surface area contributed by atoms with E-state index in [2.05, 4.69) is 18.7 Å². The Morgan fingerprint density at radius 3 is 2.86 bits per heavy atom. The van der Waals surface area contributed by atoms with Gasteiger partial charge in [0.05, 0.1) is 5.02 Å². The number of aliphatic carboxylic acids is 1. The van der Waals surface area contributed by atoms with Gasteiger partial charge in [0.1, 0.15) is 0 Å². The summed E-state index contributed by atoms with van der Waals surface area (Å²) in [5.74, 6) is 0.513. The topological polar surface area (TPSA) is 59.0 Å². The Hall–Kier alpha value is -1.46. The molecule has 0 saturated heterocycles. The molecular weight excluding hydrogens is 294 g/mol. The van der Waals surface area contributed by atoms with E-state index in [0.29, 0.717) is 35.5 Å². The minimum atomic E-state index is -0.759. The van der Waals surface area contributed by atoms with Crippen LogP contribution in [0.1, 0.15) is 32.3 Å². The molecule has 1 aromatic rings. The van der Waals surface area contributed by atoms with E-state index in [1.54, 1.807) is 0 Å². The summed E-state index contributed by atoms with van der Waals surface area (Å²) < 4.78 is 10.7. The molecule has 0 radical (unpaired) electrons. The zero-order valence-electron chi connectivity index (χ0n) is 12.3. The fourth-order valence-corrected chi connectivity index (χ4v) is 2.59. The number of ether oxygens (including phenoxy) is 2. The largest absolute Gasteiger partial charge is 0.481 e. The normalized spacial score (nSPS) is 13.2. The third-order valence-corrected chi connectivity index (χ3v) is 3.72. The predicted octanol–water partition coefficient (Wildman–Crippen LogP) is 3.14. The lowest BCUT2D eigenvalue weighted by atomic mass is 10.1. The van der Waals surface area contributed by atoms with Crippen molar-refractivity contribution in [2.24, 2.45) is 0 Å². The second kappa shape index (κ2) is 7.00. The van der Waals surface area contributed by atoms with E-state index in [1.807, 2.05) is 12.1 Å². The second-order valence-corrected chi connectivity index (χ2v) is 5.78. The van der Waals surface area contributed by atoms with Crippen molar-refractivity contribution in [2.75, 3.05) is 13.3 Å². The molecule has 0 aromatic heterocycles. The number of halogens is 1. The predicted molar refractivity (Wildman–Crippen MR) is 80.0 cm³/mol. The van der Waals surface area contributed by atoms with E-state index in [1.165, 1.54) is 0 Å². The summed E-state index contributed by atoms with van der Waals surface area (Å²) in [6, 6.07) is 4.13. The van der Waals surface area contributed by atoms with Crippen molar-refractivity contribution in [3.05, 3.63) is 22.7 Å². The van der Waals surface area contributed by atoms with Gasteiger partial charge in [-0.3, -0.25) is 9.69 Å². The van der Waals surface area contributed by atoms with Crippen LogP contribution in [0.5, 0.6) is 11.5 Å². The van der Waals surface area contributed by atoms with Crippen LogP contribution in [-0.4, -0.2) is 35.4 Å². The number of fused-ring (bicyclic) bond motifs is 1. The Labute approximate surface area is 129 Å². The fourth-order valence-electron chi connectivity index (χ4n) is 2.30. The molecule has 0 bridgehead atoms. The highest BCUT2D eigenvalue weighted by molar-refractivity contribution is 6.32. The fraction of sp³-hybridized carbons (Fsp3) is 0.533. The molecule has 0 amide bonds. The summed E-state index contributed by atoms with van der Waals surface area (Å²) in [4.78, 5) is 12.8. The highest BCUT2D eigenvalue weighted by Crippen LogP contribution is 2.40. The van der Waals surface area contributed by atoms with E-state index in [-0.39, 0.29) is 13.2 Å². The number of carboxylic acid groups (broad SMARTS) is 1. The monoisotopic (exact) mass is 313 g/mol. The minimum absolute atomic E-state index is 0.186. The number of nitrogens with zero attached hydrogens (tertiary/aromatic N) is 1. The van der Waals surface area contributed by atoms with Crippen LogP contribution >= 0.6 is 11.6 Å². The maximum Gasteiger partial charge on any atom is 0.303 e. The van der Waals surface area contributed by atoms with E-state index in [9.17, 15) is 4.79 Å². The first-order valence-electron chi connectivity index (χ1n) is 7.01. The molecule has 0 spiro atoms. The van der Waals surface area contributed by atoms with Crippen molar-refractivity contribution in [1.82, 2.24) is 4.90 Å². The van der Waals surface area contributed by atoms with Gasteiger partial charge in [0.25, 0.3) is 0 Å². The van der Waals surface area contributed by atoms with Crippen LogP contribution in [0.3, 0.4) is 0 Å². The highest BCUT2D eigenvalue weighted by Gasteiger charge is 2.19. The van der Waals surface area contributed by atoms with Gasteiger partial charge in [-0.15, -0.1) is 0 Å². The van der Waals surface area contributed by atoms with Crippen LogP contribution in [0, 0.1) is 0 Å². The Bertz CT molecular complexity index is 519. The molecule has 1 aliphatic heterocycles. The molecule has 1 aliphatic rings. The van der Waals surface area contributed by atoms with Gasteiger partial charge >= 0.3 is 5.97 Å². The molecule has 0 saturated carbocycles. The average Bonchev–Trinajstić information content (AvgIpc) is 2.85. The molecule has 1 heterocycles. The first-order valence-corrected chi connectivity index (χ1v) is 7.39. The number of hydrogen-bond acceptors (Lipinski definition) is 4. The SMILES string of the molecule is CC(C)N(CCCC(=O)O)Cc1cc(Cl)c2c(c1)OCO2. The van der Waals surface area contributed by atoms with Gasteiger partial charge < -0.3 is 14.6 Å². The van der Waals surface area contributed by atoms with Crippen LogP contribution in [0.2, 0.25) is 5.02 Å². The van der Waals surface area contributed by atoms with Crippen LogP contribution in [0.4, 0.5) is 0 Å². The van der Waals surface area contributed by atoms with E-state index < -0.39 is 5.97 Å². The molecule has 116 valence electrons. The van der Waals surface area contributed by atoms with Crippen LogP contribution in [0.15, 0.2) is 12.1 Å². The number of benzene rings is 1. The number of carboxylic acids is 1. The third kappa shape index (κ3) is 4.25. The molecule has 2 rings (SSSR count). The lowest BCUT2D eigenvalue weighted by Gasteiger charge is -2.26. The Balaban J connectivity index is 2.03. The Kier molecular flexibility index (Phi) is 5.31. The van der Waals surface area contributed by atoms with Crippen molar-refractivity contribution in [3.8, 4) is 11.5 Å². The summed E-state index contributed by atoms with van der Waals surface area (Å²) >= 11 is 6.18. The number of carbonyl (C=O) groups is 1. The summed E-state index contributed by atoms with van der Waals surface area (Å²) in [5.41, 5.74) is 1.04. The van der Waals surface area contributed by atoms with Gasteiger partial charge in [-0.05, 0) is 44.5 Å². The summed E-state index contributed by atoms with van der Waals surface area (Å²) in [6.07, 6.45) is 0.816. The second-order valence-electron chi connectivity index (χ2n) is 5.37. The van der Waals surface area contributed by atoms with Gasteiger partial charge in [0.2, 0.25) is 6.79 Å². The molecule has 6 heteroatoms. The van der Waals surface area contributed by atoms with E-state index in [0.717, 1.165) is 12.1 Å².